The van der Waals surface area contributed by atoms with E-state index in [0.29, 0.717) is 0 Å². The second-order valence-electron chi connectivity index (χ2n) is 4.22. The number of carboxylic acid groups (broad SMARTS) is 2. The first kappa shape index (κ1) is 19.8. The lowest BCUT2D eigenvalue weighted by Gasteiger charge is -2.27. The first-order chi connectivity index (χ1) is 10.3. The first-order valence-electron chi connectivity index (χ1n) is 6.42. The standard InChI is InChI=1S/C11H12O7.C3H9N/c1-18-7-5-3-2-4-6(7)11(17,10(15)16)8(12)9(13)14;1-3-4-2/h2-5,8,12,17H,1H3,(H,13,14)(H,15,16);4H,3H2,1-2H3/t8-,11+;/m0./s1. The molecule has 124 valence electrons. The van der Waals surface area contributed by atoms with Gasteiger partial charge in [-0.3, -0.25) is 0 Å². The molecule has 0 unspecified atom stereocenters. The number of ether oxygens (including phenoxy) is 1. The maximum atomic E-state index is 11.1. The molecule has 0 saturated carbocycles. The second-order valence-corrected chi connectivity index (χ2v) is 4.22. The largest absolute Gasteiger partial charge is 0.496 e. The van der Waals surface area contributed by atoms with E-state index in [2.05, 4.69) is 12.2 Å². The van der Waals surface area contributed by atoms with Gasteiger partial charge < -0.3 is 30.5 Å². The maximum absolute atomic E-state index is 11.1. The van der Waals surface area contributed by atoms with E-state index in [4.69, 9.17) is 14.9 Å². The Labute approximate surface area is 128 Å². The molecule has 8 nitrogen and oxygen atoms in total. The number of aliphatic carboxylic acids is 2. The summed E-state index contributed by atoms with van der Waals surface area (Å²) >= 11 is 0. The Balaban J connectivity index is 0.000000980. The van der Waals surface area contributed by atoms with Crippen molar-refractivity contribution in [2.75, 3.05) is 20.7 Å². The number of para-hydroxylation sites is 1. The van der Waals surface area contributed by atoms with Gasteiger partial charge in [0.05, 0.1) is 7.11 Å². The Kier molecular flexibility index (Phi) is 8.10. The summed E-state index contributed by atoms with van der Waals surface area (Å²) in [7, 11) is 3.16. The summed E-state index contributed by atoms with van der Waals surface area (Å²) in [6.07, 6.45) is -2.52. The highest BCUT2D eigenvalue weighted by Crippen LogP contribution is 2.33. The van der Waals surface area contributed by atoms with E-state index < -0.39 is 23.6 Å². The van der Waals surface area contributed by atoms with Gasteiger partial charge in [0.2, 0.25) is 5.60 Å². The Morgan fingerprint density at radius 3 is 2.18 bits per heavy atom. The SMILES string of the molecule is CCNC.COc1ccccc1[C@](O)(C(=O)O)[C@@H](O)C(=O)O. The zero-order chi connectivity index (χ0) is 17.3. The summed E-state index contributed by atoms with van der Waals surface area (Å²) in [6.45, 7) is 3.14. The minimum absolute atomic E-state index is 0.0392. The van der Waals surface area contributed by atoms with Gasteiger partial charge in [0.1, 0.15) is 5.75 Å². The maximum Gasteiger partial charge on any atom is 0.344 e. The van der Waals surface area contributed by atoms with Gasteiger partial charge in [-0.25, -0.2) is 9.59 Å². The predicted octanol–water partition coefficient (Wildman–Crippen LogP) is -0.361. The number of nitrogens with one attached hydrogen (secondary N) is 1. The van der Waals surface area contributed by atoms with E-state index >= 15 is 0 Å². The number of hydrogen-bond acceptors (Lipinski definition) is 6. The molecule has 0 saturated heterocycles. The number of methoxy groups -OCH3 is 1. The van der Waals surface area contributed by atoms with Crippen molar-refractivity contribution in [2.24, 2.45) is 0 Å². The number of hydrogen-bond donors (Lipinski definition) is 5. The number of carbonyl (C=O) groups is 2. The van der Waals surface area contributed by atoms with Crippen molar-refractivity contribution >= 4 is 11.9 Å². The molecule has 0 aliphatic heterocycles. The molecule has 0 aromatic heterocycles. The van der Waals surface area contributed by atoms with E-state index in [1.165, 1.54) is 31.4 Å². The lowest BCUT2D eigenvalue weighted by molar-refractivity contribution is -0.185. The minimum atomic E-state index is -2.99. The number of benzene rings is 1. The molecular formula is C14H21NO7. The first-order valence-corrected chi connectivity index (χ1v) is 6.42. The second kappa shape index (κ2) is 8.98. The van der Waals surface area contributed by atoms with Gasteiger partial charge in [0, 0.05) is 5.56 Å². The van der Waals surface area contributed by atoms with Crippen LogP contribution in [0.1, 0.15) is 12.5 Å². The van der Waals surface area contributed by atoms with Crippen molar-refractivity contribution in [3.63, 3.8) is 0 Å². The summed E-state index contributed by atoms with van der Waals surface area (Å²) in [5, 5.41) is 40.0. The van der Waals surface area contributed by atoms with Crippen LogP contribution in [0.25, 0.3) is 0 Å². The van der Waals surface area contributed by atoms with Gasteiger partial charge in [-0.05, 0) is 19.7 Å². The molecule has 5 N–H and O–H groups in total. The number of rotatable bonds is 6. The van der Waals surface area contributed by atoms with Crippen molar-refractivity contribution < 1.29 is 34.8 Å². The number of aliphatic hydroxyl groups excluding tert-OH is 1. The fraction of sp³-hybridized carbons (Fsp3) is 0.429. The highest BCUT2D eigenvalue weighted by Gasteiger charge is 2.51. The third-order valence-electron chi connectivity index (χ3n) is 2.83. The van der Waals surface area contributed by atoms with Crippen LogP contribution in [0.5, 0.6) is 5.75 Å². The van der Waals surface area contributed by atoms with Crippen molar-refractivity contribution in [2.45, 2.75) is 18.6 Å². The molecule has 0 amide bonds. The third-order valence-corrected chi connectivity index (χ3v) is 2.83. The molecule has 1 aromatic carbocycles. The van der Waals surface area contributed by atoms with Crippen LogP contribution >= 0.6 is 0 Å². The van der Waals surface area contributed by atoms with Gasteiger partial charge in [0.25, 0.3) is 0 Å². The monoisotopic (exact) mass is 315 g/mol. The lowest BCUT2D eigenvalue weighted by atomic mass is 9.87. The Bertz CT molecular complexity index is 504. The number of carboxylic acids is 2. The predicted molar refractivity (Wildman–Crippen MR) is 77.8 cm³/mol. The van der Waals surface area contributed by atoms with Gasteiger partial charge in [0.15, 0.2) is 6.10 Å². The van der Waals surface area contributed by atoms with Gasteiger partial charge in [-0.2, -0.15) is 0 Å². The van der Waals surface area contributed by atoms with Gasteiger partial charge in [-0.15, -0.1) is 0 Å². The molecule has 8 heteroatoms. The molecule has 0 heterocycles. The molecule has 0 spiro atoms. The van der Waals surface area contributed by atoms with Crippen LogP contribution in [0.4, 0.5) is 0 Å². The molecule has 22 heavy (non-hydrogen) atoms. The van der Waals surface area contributed by atoms with Gasteiger partial charge >= 0.3 is 11.9 Å². The average molecular weight is 315 g/mol. The van der Waals surface area contributed by atoms with Crippen molar-refractivity contribution in [1.29, 1.82) is 0 Å². The summed E-state index contributed by atoms with van der Waals surface area (Å²) in [5.74, 6) is -3.78. The average Bonchev–Trinajstić information content (AvgIpc) is 2.53. The molecule has 0 fully saturated rings. The van der Waals surface area contributed by atoms with Gasteiger partial charge in [-0.1, -0.05) is 25.1 Å². The zero-order valence-corrected chi connectivity index (χ0v) is 12.6. The van der Waals surface area contributed by atoms with Crippen molar-refractivity contribution in [3.05, 3.63) is 29.8 Å². The van der Waals surface area contributed by atoms with Crippen LogP contribution in [0, 0.1) is 0 Å². The summed E-state index contributed by atoms with van der Waals surface area (Å²) in [5.41, 5.74) is -3.33. The fourth-order valence-corrected chi connectivity index (χ4v) is 1.52. The molecule has 2 atom stereocenters. The third kappa shape index (κ3) is 4.42. The van der Waals surface area contributed by atoms with E-state index in [1.54, 1.807) is 0 Å². The molecule has 0 aliphatic carbocycles. The lowest BCUT2D eigenvalue weighted by Crippen LogP contribution is -2.50. The molecule has 0 bridgehead atoms. The van der Waals surface area contributed by atoms with Crippen LogP contribution in [0.3, 0.4) is 0 Å². The molecule has 1 aromatic rings. The van der Waals surface area contributed by atoms with E-state index in [1.807, 2.05) is 7.05 Å². The Morgan fingerprint density at radius 1 is 1.32 bits per heavy atom. The van der Waals surface area contributed by atoms with Crippen LogP contribution in [0.15, 0.2) is 24.3 Å². The Hall–Kier alpha value is -2.16. The topological polar surface area (TPSA) is 136 Å². The fourth-order valence-electron chi connectivity index (χ4n) is 1.52. The molecular weight excluding hydrogens is 294 g/mol. The van der Waals surface area contributed by atoms with Crippen LogP contribution in [0.2, 0.25) is 0 Å². The summed E-state index contributed by atoms with van der Waals surface area (Å²) in [6, 6.07) is 5.41. The van der Waals surface area contributed by atoms with Crippen molar-refractivity contribution in [3.8, 4) is 5.75 Å². The minimum Gasteiger partial charge on any atom is -0.496 e. The van der Waals surface area contributed by atoms with E-state index in [-0.39, 0.29) is 11.3 Å². The van der Waals surface area contributed by atoms with E-state index in [0.717, 1.165) is 6.54 Å². The van der Waals surface area contributed by atoms with E-state index in [9.17, 15) is 19.8 Å². The molecule has 0 radical (unpaired) electrons. The summed E-state index contributed by atoms with van der Waals surface area (Å²) < 4.78 is 4.84. The quantitative estimate of drug-likeness (QED) is 0.480. The van der Waals surface area contributed by atoms with Crippen molar-refractivity contribution in [1.82, 2.24) is 5.32 Å². The highest BCUT2D eigenvalue weighted by atomic mass is 16.5. The zero-order valence-electron chi connectivity index (χ0n) is 12.6. The van der Waals surface area contributed by atoms with Crippen LogP contribution in [-0.2, 0) is 15.2 Å². The Morgan fingerprint density at radius 2 is 1.82 bits per heavy atom. The highest BCUT2D eigenvalue weighted by molar-refractivity contribution is 5.89. The number of aliphatic hydroxyl groups is 2. The van der Waals surface area contributed by atoms with Crippen LogP contribution in [-0.4, -0.2) is 59.2 Å². The molecule has 1 rings (SSSR count). The summed E-state index contributed by atoms with van der Waals surface area (Å²) in [4.78, 5) is 21.8. The smallest absolute Gasteiger partial charge is 0.344 e. The molecule has 0 aliphatic rings. The normalized spacial score (nSPS) is 14.0. The van der Waals surface area contributed by atoms with Crippen LogP contribution < -0.4 is 10.1 Å².